The Morgan fingerprint density at radius 1 is 1.63 bits per heavy atom. The largest absolute Gasteiger partial charge is 0.461 e. The summed E-state index contributed by atoms with van der Waals surface area (Å²) < 4.78 is 41.2. The standard InChI is InChI=1S/C11H11F2IN2O3/c1-6-10(4-14)5-18-9-15-7(17)2-3-16(9)8(19-10)11(6,12)13/h2-3,6,8H,4-5H2,1H3/t6-,8-,10-/m1/s1. The molecule has 2 bridgehead atoms. The summed E-state index contributed by atoms with van der Waals surface area (Å²) >= 11 is 2.01. The Labute approximate surface area is 121 Å². The molecule has 5 nitrogen and oxygen atoms in total. The number of rotatable bonds is 1. The van der Waals surface area contributed by atoms with Crippen LogP contribution >= 0.6 is 22.6 Å². The minimum Gasteiger partial charge on any atom is -0.461 e. The lowest BCUT2D eigenvalue weighted by atomic mass is 9.88. The van der Waals surface area contributed by atoms with Gasteiger partial charge in [-0.1, -0.05) is 29.5 Å². The fourth-order valence-corrected chi connectivity index (χ4v) is 3.48. The van der Waals surface area contributed by atoms with Crippen molar-refractivity contribution >= 4 is 22.6 Å². The molecule has 0 amide bonds. The molecule has 0 aromatic carbocycles. The van der Waals surface area contributed by atoms with Gasteiger partial charge >= 0.3 is 6.01 Å². The van der Waals surface area contributed by atoms with E-state index in [0.717, 1.165) is 10.6 Å². The van der Waals surface area contributed by atoms with Crippen molar-refractivity contribution < 1.29 is 18.3 Å². The molecule has 2 aliphatic heterocycles. The number of hydrogen-bond donors (Lipinski definition) is 0. The monoisotopic (exact) mass is 384 g/mol. The van der Waals surface area contributed by atoms with E-state index < -0.39 is 29.2 Å². The van der Waals surface area contributed by atoms with Crippen molar-refractivity contribution in [1.29, 1.82) is 0 Å². The molecule has 1 aromatic rings. The van der Waals surface area contributed by atoms with Gasteiger partial charge < -0.3 is 9.47 Å². The first kappa shape index (κ1) is 13.2. The van der Waals surface area contributed by atoms with E-state index in [1.165, 1.54) is 13.1 Å². The first-order valence-corrected chi connectivity index (χ1v) is 7.27. The summed E-state index contributed by atoms with van der Waals surface area (Å²) in [6, 6.07) is 1.00. The molecule has 1 saturated heterocycles. The van der Waals surface area contributed by atoms with Crippen molar-refractivity contribution in [3.8, 4) is 6.01 Å². The van der Waals surface area contributed by atoms with Crippen LogP contribution in [0.1, 0.15) is 13.2 Å². The molecule has 3 atom stereocenters. The maximum Gasteiger partial charge on any atom is 0.302 e. The highest BCUT2D eigenvalue weighted by atomic mass is 127. The zero-order valence-electron chi connectivity index (χ0n) is 9.98. The van der Waals surface area contributed by atoms with E-state index in [9.17, 15) is 13.6 Å². The average Bonchev–Trinajstić information content (AvgIpc) is 2.53. The quantitative estimate of drug-likeness (QED) is 0.546. The van der Waals surface area contributed by atoms with Crippen molar-refractivity contribution in [2.24, 2.45) is 5.92 Å². The van der Waals surface area contributed by atoms with Gasteiger partial charge in [-0.15, -0.1) is 0 Å². The van der Waals surface area contributed by atoms with Crippen LogP contribution in [0.2, 0.25) is 0 Å². The van der Waals surface area contributed by atoms with E-state index in [1.54, 1.807) is 0 Å². The fraction of sp³-hybridized carbons (Fsp3) is 0.636. The third-order valence-electron chi connectivity index (χ3n) is 3.77. The van der Waals surface area contributed by atoms with Crippen molar-refractivity contribution in [2.75, 3.05) is 11.0 Å². The van der Waals surface area contributed by atoms with Gasteiger partial charge in [0.25, 0.3) is 11.5 Å². The van der Waals surface area contributed by atoms with E-state index in [2.05, 4.69) is 4.98 Å². The van der Waals surface area contributed by atoms with Gasteiger partial charge in [-0.2, -0.15) is 4.98 Å². The summed E-state index contributed by atoms with van der Waals surface area (Å²) in [7, 11) is 0. The predicted octanol–water partition coefficient (Wildman–Crippen LogP) is 1.61. The van der Waals surface area contributed by atoms with Gasteiger partial charge in [0.15, 0.2) is 0 Å². The zero-order valence-corrected chi connectivity index (χ0v) is 12.1. The molecule has 1 aromatic heterocycles. The molecule has 104 valence electrons. The van der Waals surface area contributed by atoms with Crippen molar-refractivity contribution in [2.45, 2.75) is 24.7 Å². The highest BCUT2D eigenvalue weighted by molar-refractivity contribution is 14.1. The van der Waals surface area contributed by atoms with Gasteiger partial charge in [-0.05, 0) is 0 Å². The van der Waals surface area contributed by atoms with Gasteiger partial charge in [0, 0.05) is 16.7 Å². The molecular formula is C11H11F2IN2O3. The summed E-state index contributed by atoms with van der Waals surface area (Å²) in [5.74, 6) is -4.02. The summed E-state index contributed by atoms with van der Waals surface area (Å²) in [5, 5.41) is 0. The fourth-order valence-electron chi connectivity index (χ4n) is 2.42. The normalized spacial score (nSPS) is 35.4. The molecule has 3 heterocycles. The Hall–Kier alpha value is -0.770. The van der Waals surface area contributed by atoms with Crippen LogP contribution in [0.15, 0.2) is 17.1 Å². The third kappa shape index (κ3) is 1.72. The second-order valence-electron chi connectivity index (χ2n) is 4.81. The molecule has 0 saturated carbocycles. The van der Waals surface area contributed by atoms with Crippen molar-refractivity contribution in [3.05, 3.63) is 22.6 Å². The maximum atomic E-state index is 14.4. The van der Waals surface area contributed by atoms with Crippen LogP contribution in [0, 0.1) is 5.92 Å². The van der Waals surface area contributed by atoms with Gasteiger partial charge in [0.05, 0.1) is 5.92 Å². The van der Waals surface area contributed by atoms with E-state index in [4.69, 9.17) is 9.47 Å². The van der Waals surface area contributed by atoms with Crippen molar-refractivity contribution in [1.82, 2.24) is 9.55 Å². The topological polar surface area (TPSA) is 53.4 Å². The van der Waals surface area contributed by atoms with Gasteiger partial charge in [0.2, 0.25) is 6.23 Å². The minimum atomic E-state index is -3.04. The van der Waals surface area contributed by atoms with Crippen LogP contribution in [-0.4, -0.2) is 32.1 Å². The number of aromatic nitrogens is 2. The second kappa shape index (κ2) is 4.11. The molecule has 19 heavy (non-hydrogen) atoms. The lowest BCUT2D eigenvalue weighted by molar-refractivity contribution is -0.127. The number of alkyl halides is 3. The Kier molecular flexibility index (Phi) is 2.86. The first-order valence-electron chi connectivity index (χ1n) is 5.74. The molecule has 0 N–H and O–H groups in total. The van der Waals surface area contributed by atoms with Crippen LogP contribution in [0.4, 0.5) is 8.78 Å². The van der Waals surface area contributed by atoms with Gasteiger partial charge in [0.1, 0.15) is 12.2 Å². The highest BCUT2D eigenvalue weighted by Crippen LogP contribution is 2.54. The smallest absolute Gasteiger partial charge is 0.302 e. The molecule has 0 radical (unpaired) electrons. The summed E-state index contributed by atoms with van der Waals surface area (Å²) in [6.07, 6.45) is -0.243. The zero-order chi connectivity index (χ0) is 13.8. The number of fused-ring (bicyclic) bond motifs is 4. The predicted molar refractivity (Wildman–Crippen MR) is 69.8 cm³/mol. The number of hydrogen-bond acceptors (Lipinski definition) is 4. The Morgan fingerprint density at radius 2 is 2.37 bits per heavy atom. The molecule has 0 unspecified atom stereocenters. The summed E-state index contributed by atoms with van der Waals surface area (Å²) in [5.41, 5.74) is -1.59. The molecule has 0 aliphatic carbocycles. The van der Waals surface area contributed by atoms with E-state index in [0.29, 0.717) is 4.43 Å². The van der Waals surface area contributed by atoms with E-state index in [-0.39, 0.29) is 12.6 Å². The summed E-state index contributed by atoms with van der Waals surface area (Å²) in [4.78, 5) is 14.8. The Balaban J connectivity index is 2.17. The third-order valence-corrected chi connectivity index (χ3v) is 5.06. The van der Waals surface area contributed by atoms with Crippen LogP contribution < -0.4 is 10.3 Å². The van der Waals surface area contributed by atoms with Crippen LogP contribution in [0.5, 0.6) is 6.01 Å². The number of halogens is 3. The van der Waals surface area contributed by atoms with Gasteiger partial charge in [-0.3, -0.25) is 9.36 Å². The molecule has 8 heteroatoms. The average molecular weight is 384 g/mol. The SMILES string of the molecule is C[C@H]1C(F)(F)[C@H]2O[C@]1(CI)COc1nc(=O)ccn12. The maximum absolute atomic E-state index is 14.4. The molecular weight excluding hydrogens is 373 g/mol. The Bertz CT molecular complexity index is 579. The first-order chi connectivity index (χ1) is 8.90. The molecule has 2 aliphatic rings. The van der Waals surface area contributed by atoms with E-state index >= 15 is 0 Å². The van der Waals surface area contributed by atoms with E-state index in [1.807, 2.05) is 22.6 Å². The van der Waals surface area contributed by atoms with Crippen LogP contribution in [0.25, 0.3) is 0 Å². The summed E-state index contributed by atoms with van der Waals surface area (Å²) in [6.45, 7) is 1.42. The lowest BCUT2D eigenvalue weighted by Crippen LogP contribution is -2.46. The van der Waals surface area contributed by atoms with Gasteiger partial charge in [-0.25, -0.2) is 8.78 Å². The second-order valence-corrected chi connectivity index (χ2v) is 5.57. The Morgan fingerprint density at radius 3 is 3.05 bits per heavy atom. The van der Waals surface area contributed by atoms with Crippen LogP contribution in [-0.2, 0) is 4.74 Å². The molecule has 1 fully saturated rings. The lowest BCUT2D eigenvalue weighted by Gasteiger charge is -2.30. The molecule has 3 rings (SSSR count). The van der Waals surface area contributed by atoms with Crippen LogP contribution in [0.3, 0.4) is 0 Å². The number of nitrogens with zero attached hydrogens (tertiary/aromatic N) is 2. The highest BCUT2D eigenvalue weighted by Gasteiger charge is 2.66. The van der Waals surface area contributed by atoms with Crippen molar-refractivity contribution in [3.63, 3.8) is 0 Å². The molecule has 0 spiro atoms. The minimum absolute atomic E-state index is 0.0420. The number of ether oxygens (including phenoxy) is 2.